The van der Waals surface area contributed by atoms with Crippen LogP contribution in [0.25, 0.3) is 0 Å². The van der Waals surface area contributed by atoms with Crippen LogP contribution < -0.4 is 10.5 Å². The molecular formula is C8H13ClN4O5. The van der Waals surface area contributed by atoms with Crippen LogP contribution in [-0.2, 0) is 0 Å². The summed E-state index contributed by atoms with van der Waals surface area (Å²) in [6.45, 7) is -1.21. The zero-order chi connectivity index (χ0) is 14.0. The molecule has 1 aromatic rings. The first-order chi connectivity index (χ1) is 8.47. The molecule has 10 heteroatoms. The second kappa shape index (κ2) is 8.66. The number of aromatic nitrogens is 3. The Morgan fingerprint density at radius 2 is 1.94 bits per heavy atom. The van der Waals surface area contributed by atoms with E-state index in [0.717, 1.165) is 0 Å². The number of carbonyl (C=O) groups excluding carboxylic acids is 1. The van der Waals surface area contributed by atoms with Crippen LogP contribution in [0.1, 0.15) is 0 Å². The summed E-state index contributed by atoms with van der Waals surface area (Å²) in [6.07, 6.45) is 1.34. The molecule has 0 amide bonds. The molecule has 0 radical (unpaired) electrons. The lowest BCUT2D eigenvalue weighted by Crippen LogP contribution is -2.50. The predicted molar refractivity (Wildman–Crippen MR) is 59.9 cm³/mol. The van der Waals surface area contributed by atoms with Gasteiger partial charge in [0.15, 0.2) is 0 Å². The third kappa shape index (κ3) is 7.04. The van der Waals surface area contributed by atoms with E-state index in [-0.39, 0.29) is 5.88 Å². The summed E-state index contributed by atoms with van der Waals surface area (Å²) in [5.74, 6) is 0.0370. The average Bonchev–Trinajstić information content (AvgIpc) is 2.39. The summed E-state index contributed by atoms with van der Waals surface area (Å²) in [5.41, 5.74) is 2.99. The molecule has 0 aliphatic rings. The van der Waals surface area contributed by atoms with Gasteiger partial charge in [-0.1, -0.05) is 5.10 Å². The molecule has 0 aliphatic carbocycles. The topological polar surface area (TPSA) is 152 Å². The van der Waals surface area contributed by atoms with Crippen molar-refractivity contribution in [1.29, 1.82) is 0 Å². The highest BCUT2D eigenvalue weighted by atomic mass is 35.5. The van der Waals surface area contributed by atoms with E-state index < -0.39 is 30.8 Å². The predicted octanol–water partition coefficient (Wildman–Crippen LogP) is -1.73. The van der Waals surface area contributed by atoms with E-state index in [2.05, 4.69) is 20.1 Å². The maximum absolute atomic E-state index is 10.1. The van der Waals surface area contributed by atoms with E-state index in [1.807, 2.05) is 0 Å². The molecular weight excluding hydrogens is 268 g/mol. The highest BCUT2D eigenvalue weighted by Gasteiger charge is 2.20. The number of aliphatic hydroxyl groups is 3. The van der Waals surface area contributed by atoms with Crippen LogP contribution in [0.3, 0.4) is 0 Å². The van der Waals surface area contributed by atoms with Gasteiger partial charge in [0.25, 0.3) is 0 Å². The van der Waals surface area contributed by atoms with Gasteiger partial charge in [0.1, 0.15) is 0 Å². The SMILES string of the molecule is NC(CO)(CO)CO.O=C(Cl)Oc1ccnnn1. The van der Waals surface area contributed by atoms with Gasteiger partial charge >= 0.3 is 5.43 Å². The van der Waals surface area contributed by atoms with Crippen LogP contribution in [0, 0.1) is 0 Å². The zero-order valence-corrected chi connectivity index (χ0v) is 9.99. The van der Waals surface area contributed by atoms with Crippen LogP contribution in [0.4, 0.5) is 4.79 Å². The molecule has 0 saturated heterocycles. The normalized spacial score (nSPS) is 10.3. The summed E-state index contributed by atoms with van der Waals surface area (Å²) < 4.78 is 4.33. The van der Waals surface area contributed by atoms with Crippen molar-refractivity contribution in [3.8, 4) is 5.88 Å². The molecule has 0 aromatic carbocycles. The summed E-state index contributed by atoms with van der Waals surface area (Å²) in [5, 5.41) is 34.9. The molecule has 0 fully saturated rings. The summed E-state index contributed by atoms with van der Waals surface area (Å²) in [7, 11) is 0. The van der Waals surface area contributed by atoms with Crippen molar-refractivity contribution in [3.63, 3.8) is 0 Å². The fourth-order valence-electron chi connectivity index (χ4n) is 0.517. The van der Waals surface area contributed by atoms with Crippen molar-refractivity contribution in [2.24, 2.45) is 5.73 Å². The molecule has 0 unspecified atom stereocenters. The van der Waals surface area contributed by atoms with Crippen molar-refractivity contribution in [2.75, 3.05) is 19.8 Å². The number of carbonyl (C=O) groups is 1. The van der Waals surface area contributed by atoms with Gasteiger partial charge in [-0.2, -0.15) is 0 Å². The van der Waals surface area contributed by atoms with Gasteiger partial charge in [-0.3, -0.25) is 0 Å². The monoisotopic (exact) mass is 280 g/mol. The van der Waals surface area contributed by atoms with Crippen LogP contribution in [-0.4, -0.2) is 61.5 Å². The molecule has 1 aromatic heterocycles. The number of nitrogens with two attached hydrogens (primary N) is 1. The van der Waals surface area contributed by atoms with Gasteiger partial charge in [0, 0.05) is 17.7 Å². The molecule has 1 heterocycles. The smallest absolute Gasteiger partial charge is 0.394 e. The van der Waals surface area contributed by atoms with E-state index in [4.69, 9.17) is 32.7 Å². The molecule has 9 nitrogen and oxygen atoms in total. The Balaban J connectivity index is 0.000000331. The zero-order valence-electron chi connectivity index (χ0n) is 9.23. The Hall–Kier alpha value is -1.39. The van der Waals surface area contributed by atoms with E-state index in [1.165, 1.54) is 12.3 Å². The minimum atomic E-state index is -1.21. The Bertz CT molecular complexity index is 340. The van der Waals surface area contributed by atoms with Crippen molar-refractivity contribution >= 4 is 17.0 Å². The third-order valence-corrected chi connectivity index (χ3v) is 1.69. The lowest BCUT2D eigenvalue weighted by atomic mass is 10.1. The highest BCUT2D eigenvalue weighted by Crippen LogP contribution is 2.01. The Morgan fingerprint density at radius 3 is 2.22 bits per heavy atom. The number of hydrogen-bond acceptors (Lipinski definition) is 9. The van der Waals surface area contributed by atoms with Crippen molar-refractivity contribution in [2.45, 2.75) is 5.54 Å². The summed E-state index contributed by atoms with van der Waals surface area (Å²) in [4.78, 5) is 10.1. The lowest BCUT2D eigenvalue weighted by Gasteiger charge is -2.20. The fourth-order valence-corrected chi connectivity index (χ4v) is 0.596. The Kier molecular flexibility index (Phi) is 8.00. The standard InChI is InChI=1S/C4H2ClN3O2.C4H11NO3/c5-4(9)10-3-1-2-6-8-7-3;5-4(1-6,2-7)3-8/h1-2H;6-8H,1-3,5H2. The second-order valence-corrected chi connectivity index (χ2v) is 3.44. The third-order valence-electron chi connectivity index (χ3n) is 1.61. The lowest BCUT2D eigenvalue weighted by molar-refractivity contribution is 0.0697. The van der Waals surface area contributed by atoms with E-state index in [0.29, 0.717) is 0 Å². The van der Waals surface area contributed by atoms with Crippen LogP contribution in [0.2, 0.25) is 0 Å². The molecule has 0 bridgehead atoms. The van der Waals surface area contributed by atoms with E-state index >= 15 is 0 Å². The Labute approximate surface area is 107 Å². The number of aliphatic hydroxyl groups excluding tert-OH is 3. The average molecular weight is 281 g/mol. The number of rotatable bonds is 4. The number of ether oxygens (including phenoxy) is 1. The maximum Gasteiger partial charge on any atom is 0.410 e. The van der Waals surface area contributed by atoms with Gasteiger partial charge in [-0.25, -0.2) is 4.79 Å². The first-order valence-corrected chi connectivity index (χ1v) is 4.98. The van der Waals surface area contributed by atoms with Gasteiger partial charge in [0.05, 0.1) is 31.6 Å². The number of halogens is 1. The molecule has 0 spiro atoms. The second-order valence-electron chi connectivity index (χ2n) is 3.14. The van der Waals surface area contributed by atoms with Gasteiger partial charge < -0.3 is 25.8 Å². The molecule has 0 aliphatic heterocycles. The van der Waals surface area contributed by atoms with Gasteiger partial charge in [-0.15, -0.1) is 5.10 Å². The molecule has 1 rings (SSSR count). The molecule has 18 heavy (non-hydrogen) atoms. The first kappa shape index (κ1) is 16.6. The maximum atomic E-state index is 10.1. The minimum Gasteiger partial charge on any atom is -0.394 e. The highest BCUT2D eigenvalue weighted by molar-refractivity contribution is 6.61. The van der Waals surface area contributed by atoms with Crippen LogP contribution in [0.5, 0.6) is 5.88 Å². The number of nitrogens with zero attached hydrogens (tertiary/aromatic N) is 3. The van der Waals surface area contributed by atoms with E-state index in [1.54, 1.807) is 0 Å². The Morgan fingerprint density at radius 1 is 1.39 bits per heavy atom. The fraction of sp³-hybridized carbons (Fsp3) is 0.500. The molecule has 102 valence electrons. The first-order valence-electron chi connectivity index (χ1n) is 4.60. The molecule has 5 N–H and O–H groups in total. The van der Waals surface area contributed by atoms with Crippen molar-refractivity contribution < 1.29 is 24.9 Å². The van der Waals surface area contributed by atoms with Crippen molar-refractivity contribution in [1.82, 2.24) is 15.4 Å². The molecule has 0 saturated carbocycles. The summed E-state index contributed by atoms with van der Waals surface area (Å²) >= 11 is 4.86. The van der Waals surface area contributed by atoms with Crippen LogP contribution >= 0.6 is 11.6 Å². The summed E-state index contributed by atoms with van der Waals surface area (Å²) in [6, 6.07) is 1.37. The number of hydrogen-bond donors (Lipinski definition) is 4. The van der Waals surface area contributed by atoms with Crippen molar-refractivity contribution in [3.05, 3.63) is 12.3 Å². The minimum absolute atomic E-state index is 0.0370. The quantitative estimate of drug-likeness (QED) is 0.471. The largest absolute Gasteiger partial charge is 0.410 e. The van der Waals surface area contributed by atoms with E-state index in [9.17, 15) is 4.79 Å². The van der Waals surface area contributed by atoms with Gasteiger partial charge in [-0.05, 0) is 5.21 Å². The van der Waals surface area contributed by atoms with Crippen LogP contribution in [0.15, 0.2) is 12.3 Å². The van der Waals surface area contributed by atoms with Gasteiger partial charge in [0.2, 0.25) is 5.88 Å². The molecule has 0 atom stereocenters.